The Bertz CT molecular complexity index is 1180. The second-order valence-electron chi connectivity index (χ2n) is 6.50. The fourth-order valence-corrected chi connectivity index (χ4v) is 3.70. The maximum Gasteiger partial charge on any atom is 0.268 e. The van der Waals surface area contributed by atoms with Crippen LogP contribution in [0.4, 0.5) is 5.69 Å². The highest BCUT2D eigenvalue weighted by molar-refractivity contribution is 7.15. The molecule has 0 unspecified atom stereocenters. The van der Waals surface area contributed by atoms with Crippen molar-refractivity contribution in [3.8, 4) is 22.2 Å². The maximum absolute atomic E-state index is 12.4. The second-order valence-corrected chi connectivity index (χ2v) is 7.67. The third-order valence-corrected chi connectivity index (χ3v) is 5.27. The van der Waals surface area contributed by atoms with Crippen LogP contribution in [0.3, 0.4) is 0 Å². The third kappa shape index (κ3) is 4.61. The predicted molar refractivity (Wildman–Crippen MR) is 115 cm³/mol. The molecule has 8 heteroatoms. The maximum atomic E-state index is 12.4. The summed E-state index contributed by atoms with van der Waals surface area (Å²) in [5, 5.41) is 9.59. The first-order valence-corrected chi connectivity index (χ1v) is 10.0. The number of hydrogen-bond donors (Lipinski definition) is 2. The number of nitrogens with one attached hydrogen (secondary N) is 2. The summed E-state index contributed by atoms with van der Waals surface area (Å²) in [7, 11) is 0. The Morgan fingerprint density at radius 2 is 1.87 bits per heavy atom. The highest BCUT2D eigenvalue weighted by Gasteiger charge is 2.13. The lowest BCUT2D eigenvalue weighted by molar-refractivity contribution is -0.114. The lowest BCUT2D eigenvalue weighted by Gasteiger charge is -2.06. The van der Waals surface area contributed by atoms with Crippen LogP contribution < -0.4 is 10.6 Å². The zero-order valence-corrected chi connectivity index (χ0v) is 16.9. The lowest BCUT2D eigenvalue weighted by Crippen LogP contribution is -2.22. The first-order valence-electron chi connectivity index (χ1n) is 9.22. The molecule has 0 fully saturated rings. The number of benzene rings is 2. The molecule has 2 aromatic carbocycles. The molecule has 0 radical (unpaired) electrons. The number of nitrogens with zero attached hydrogens (tertiary/aromatic N) is 2. The van der Waals surface area contributed by atoms with Gasteiger partial charge in [-0.25, -0.2) is 0 Å². The molecule has 2 aromatic heterocycles. The van der Waals surface area contributed by atoms with E-state index in [0.29, 0.717) is 29.5 Å². The minimum Gasteiger partial charge on any atom is -0.347 e. The molecule has 0 aliphatic carbocycles. The minimum atomic E-state index is -0.221. The van der Waals surface area contributed by atoms with Crippen molar-refractivity contribution < 1.29 is 14.1 Å². The molecule has 0 aliphatic rings. The van der Waals surface area contributed by atoms with E-state index in [9.17, 15) is 9.59 Å². The van der Waals surface area contributed by atoms with Crippen LogP contribution in [-0.4, -0.2) is 22.0 Å². The van der Waals surface area contributed by atoms with E-state index in [1.165, 1.54) is 18.3 Å². The normalized spacial score (nSPS) is 10.6. The summed E-state index contributed by atoms with van der Waals surface area (Å²) in [6.45, 7) is 1.79. The van der Waals surface area contributed by atoms with Crippen LogP contribution in [0.2, 0.25) is 0 Å². The van der Waals surface area contributed by atoms with Gasteiger partial charge in [0.25, 0.3) is 11.8 Å². The van der Waals surface area contributed by atoms with E-state index in [2.05, 4.69) is 20.8 Å². The Morgan fingerprint density at radius 1 is 1.03 bits per heavy atom. The Labute approximate surface area is 176 Å². The monoisotopic (exact) mass is 418 g/mol. The molecule has 150 valence electrons. The lowest BCUT2D eigenvalue weighted by atomic mass is 10.2. The van der Waals surface area contributed by atoms with Gasteiger partial charge in [0, 0.05) is 28.6 Å². The number of anilines is 1. The van der Waals surface area contributed by atoms with Crippen molar-refractivity contribution in [3.05, 3.63) is 77.2 Å². The van der Waals surface area contributed by atoms with E-state index in [0.717, 1.165) is 15.3 Å². The smallest absolute Gasteiger partial charge is 0.268 e. The molecule has 0 saturated carbocycles. The van der Waals surface area contributed by atoms with Gasteiger partial charge in [0.2, 0.25) is 11.7 Å². The van der Waals surface area contributed by atoms with Crippen LogP contribution in [0.25, 0.3) is 22.2 Å². The number of rotatable bonds is 6. The molecule has 4 aromatic rings. The Kier molecular flexibility index (Phi) is 5.67. The quantitative estimate of drug-likeness (QED) is 0.485. The van der Waals surface area contributed by atoms with Gasteiger partial charge in [-0.3, -0.25) is 9.59 Å². The van der Waals surface area contributed by atoms with Gasteiger partial charge in [-0.2, -0.15) is 4.98 Å². The standard InChI is InChI=1S/C22H18N4O3S/c1-14(27)24-17-9-5-8-16(12-17)21(28)23-13-18-10-11-19(30-18)22-25-20(26-29-22)15-6-3-2-4-7-15/h2-12H,13H2,1H3,(H,23,28)(H,24,27). The zero-order valence-electron chi connectivity index (χ0n) is 16.1. The zero-order chi connectivity index (χ0) is 20.9. The van der Waals surface area contributed by atoms with E-state index in [1.807, 2.05) is 42.5 Å². The summed E-state index contributed by atoms with van der Waals surface area (Å²) >= 11 is 1.48. The fourth-order valence-electron chi connectivity index (χ4n) is 2.83. The largest absolute Gasteiger partial charge is 0.347 e. The number of carbonyl (C=O) groups is 2. The number of amides is 2. The molecule has 0 bridgehead atoms. The summed E-state index contributed by atoms with van der Waals surface area (Å²) < 4.78 is 5.39. The topological polar surface area (TPSA) is 97.1 Å². The van der Waals surface area contributed by atoms with Gasteiger partial charge in [-0.05, 0) is 30.3 Å². The first kappa shape index (κ1) is 19.5. The van der Waals surface area contributed by atoms with Crippen LogP contribution in [0.15, 0.2) is 71.3 Å². The van der Waals surface area contributed by atoms with Crippen molar-refractivity contribution in [2.75, 3.05) is 5.32 Å². The first-order chi connectivity index (χ1) is 14.6. The highest BCUT2D eigenvalue weighted by atomic mass is 32.1. The van der Waals surface area contributed by atoms with Crippen molar-refractivity contribution in [2.45, 2.75) is 13.5 Å². The molecule has 0 aliphatic heterocycles. The average molecular weight is 418 g/mol. The van der Waals surface area contributed by atoms with E-state index < -0.39 is 0 Å². The van der Waals surface area contributed by atoms with Crippen molar-refractivity contribution in [3.63, 3.8) is 0 Å². The molecule has 2 heterocycles. The number of aromatic nitrogens is 2. The Balaban J connectivity index is 1.40. The second kappa shape index (κ2) is 8.71. The summed E-state index contributed by atoms with van der Waals surface area (Å²) in [4.78, 5) is 29.9. The summed E-state index contributed by atoms with van der Waals surface area (Å²) in [5.74, 6) is 0.573. The van der Waals surface area contributed by atoms with Crippen molar-refractivity contribution in [1.82, 2.24) is 15.5 Å². The Hall–Kier alpha value is -3.78. The average Bonchev–Trinajstić information content (AvgIpc) is 3.42. The van der Waals surface area contributed by atoms with Crippen LogP contribution in [0.1, 0.15) is 22.2 Å². The highest BCUT2D eigenvalue weighted by Crippen LogP contribution is 2.28. The molecule has 4 rings (SSSR count). The number of thiophene rings is 1. The summed E-state index contributed by atoms with van der Waals surface area (Å²) in [5.41, 5.74) is 1.94. The van der Waals surface area contributed by atoms with Gasteiger partial charge in [-0.1, -0.05) is 41.6 Å². The summed E-state index contributed by atoms with van der Waals surface area (Å²) in [6.07, 6.45) is 0. The molecular weight excluding hydrogens is 400 g/mol. The van der Waals surface area contributed by atoms with Gasteiger partial charge in [0.1, 0.15) is 0 Å². The van der Waals surface area contributed by atoms with Gasteiger partial charge in [0.15, 0.2) is 0 Å². The molecule has 2 amide bonds. The van der Waals surface area contributed by atoms with E-state index in [1.54, 1.807) is 24.3 Å². The van der Waals surface area contributed by atoms with Crippen LogP contribution >= 0.6 is 11.3 Å². The fraction of sp³-hybridized carbons (Fsp3) is 0.0909. The van der Waals surface area contributed by atoms with Gasteiger partial charge >= 0.3 is 0 Å². The minimum absolute atomic E-state index is 0.185. The Morgan fingerprint density at radius 3 is 2.67 bits per heavy atom. The van der Waals surface area contributed by atoms with Crippen molar-refractivity contribution >= 4 is 28.8 Å². The molecular formula is C22H18N4O3S. The predicted octanol–water partition coefficient (Wildman–Crippen LogP) is 4.35. The molecule has 0 spiro atoms. The molecule has 0 atom stereocenters. The number of hydrogen-bond acceptors (Lipinski definition) is 6. The van der Waals surface area contributed by atoms with Crippen molar-refractivity contribution in [1.29, 1.82) is 0 Å². The van der Waals surface area contributed by atoms with Gasteiger partial charge < -0.3 is 15.2 Å². The van der Waals surface area contributed by atoms with Gasteiger partial charge in [-0.15, -0.1) is 11.3 Å². The summed E-state index contributed by atoms with van der Waals surface area (Å²) in [6, 6.07) is 20.2. The molecule has 30 heavy (non-hydrogen) atoms. The van der Waals surface area contributed by atoms with E-state index >= 15 is 0 Å². The van der Waals surface area contributed by atoms with Gasteiger partial charge in [0.05, 0.1) is 11.4 Å². The molecule has 2 N–H and O–H groups in total. The molecule has 7 nitrogen and oxygen atoms in total. The van der Waals surface area contributed by atoms with E-state index in [4.69, 9.17) is 4.52 Å². The number of carbonyl (C=O) groups excluding carboxylic acids is 2. The van der Waals surface area contributed by atoms with Crippen LogP contribution in [0, 0.1) is 0 Å². The van der Waals surface area contributed by atoms with Crippen LogP contribution in [0.5, 0.6) is 0 Å². The third-order valence-electron chi connectivity index (χ3n) is 4.20. The van der Waals surface area contributed by atoms with E-state index in [-0.39, 0.29) is 11.8 Å². The van der Waals surface area contributed by atoms with Crippen molar-refractivity contribution in [2.24, 2.45) is 0 Å². The van der Waals surface area contributed by atoms with Crippen LogP contribution in [-0.2, 0) is 11.3 Å². The molecule has 0 saturated heterocycles. The SMILES string of the molecule is CC(=O)Nc1cccc(C(=O)NCc2ccc(-c3nc(-c4ccccc4)no3)s2)c1.